The second-order valence-electron chi connectivity index (χ2n) is 2.52. The topological polar surface area (TPSA) is 17.1 Å². The molecule has 0 fully saturated rings. The molecule has 0 bridgehead atoms. The van der Waals surface area contributed by atoms with E-state index >= 15 is 0 Å². The molecule has 1 rings (SSSR count). The third-order valence-electron chi connectivity index (χ3n) is 1.43. The van der Waals surface area contributed by atoms with E-state index in [9.17, 15) is 18.0 Å². The molecule has 0 aliphatic rings. The van der Waals surface area contributed by atoms with Crippen LogP contribution in [-0.2, 0) is 4.79 Å². The van der Waals surface area contributed by atoms with E-state index in [4.69, 9.17) is 0 Å². The van der Waals surface area contributed by atoms with Crippen molar-refractivity contribution in [3.8, 4) is 0 Å². The van der Waals surface area contributed by atoms with Crippen LogP contribution in [0.3, 0.4) is 0 Å². The maximum absolute atomic E-state index is 11.8. The number of rotatable bonds is 3. The van der Waals surface area contributed by atoms with E-state index in [0.717, 1.165) is 4.46 Å². The van der Waals surface area contributed by atoms with Gasteiger partial charge in [-0.15, -0.1) is 0 Å². The number of hydrogen-bond donors (Lipinski definition) is 0. The van der Waals surface area contributed by atoms with E-state index in [2.05, 4.69) is 0 Å². The monoisotopic (exact) mass is 268 g/mol. The fourth-order valence-electron chi connectivity index (χ4n) is 0.747. The number of alkyl halides is 3. The van der Waals surface area contributed by atoms with E-state index in [0.29, 0.717) is 0 Å². The van der Waals surface area contributed by atoms with Crippen LogP contribution in [0.15, 0.2) is 30.3 Å². The molecule has 0 N–H and O–H groups in total. The minimum absolute atomic E-state index is 0.416. The van der Waals surface area contributed by atoms with Crippen LogP contribution in [0.4, 0.5) is 13.2 Å². The van der Waals surface area contributed by atoms with Gasteiger partial charge < -0.3 is 0 Å². The summed E-state index contributed by atoms with van der Waals surface area (Å²) in [7, 11) is 0. The SMILES string of the molecule is O=C(C[Se]c1ccccc1)C(F)(F)F. The molecule has 0 unspecified atom stereocenters. The summed E-state index contributed by atoms with van der Waals surface area (Å²) in [5.74, 6) is -1.64. The Morgan fingerprint density at radius 3 is 2.29 bits per heavy atom. The first-order chi connectivity index (χ1) is 6.50. The Hall–Kier alpha value is -0.801. The first-order valence-electron chi connectivity index (χ1n) is 3.78. The van der Waals surface area contributed by atoms with E-state index < -0.39 is 32.2 Å². The molecule has 0 aliphatic carbocycles. The third kappa shape index (κ3) is 3.52. The zero-order chi connectivity index (χ0) is 10.6. The van der Waals surface area contributed by atoms with Gasteiger partial charge in [0.25, 0.3) is 0 Å². The van der Waals surface area contributed by atoms with Crippen molar-refractivity contribution in [1.82, 2.24) is 0 Å². The third-order valence-corrected chi connectivity index (χ3v) is 3.55. The summed E-state index contributed by atoms with van der Waals surface area (Å²) >= 11 is -0.423. The molecule has 0 spiro atoms. The molecule has 1 aromatic rings. The molecular weight excluding hydrogens is 260 g/mol. The summed E-state index contributed by atoms with van der Waals surface area (Å²) in [4.78, 5) is 10.5. The van der Waals surface area contributed by atoms with Gasteiger partial charge in [0.05, 0.1) is 0 Å². The number of carbonyl (C=O) groups excluding carboxylic acids is 1. The van der Waals surface area contributed by atoms with E-state index in [-0.39, 0.29) is 0 Å². The van der Waals surface area contributed by atoms with Crippen LogP contribution in [0.1, 0.15) is 0 Å². The van der Waals surface area contributed by atoms with Crippen LogP contribution >= 0.6 is 0 Å². The molecular formula is C9H7F3OSe. The molecule has 0 saturated heterocycles. The summed E-state index contributed by atoms with van der Waals surface area (Å²) in [6, 6.07) is 8.72. The zero-order valence-electron chi connectivity index (χ0n) is 7.04. The van der Waals surface area contributed by atoms with Crippen LogP contribution in [0.5, 0.6) is 0 Å². The zero-order valence-corrected chi connectivity index (χ0v) is 8.76. The van der Waals surface area contributed by atoms with Crippen molar-refractivity contribution in [1.29, 1.82) is 0 Å². The number of hydrogen-bond acceptors (Lipinski definition) is 1. The number of benzene rings is 1. The maximum atomic E-state index is 11.8. The van der Waals surface area contributed by atoms with Gasteiger partial charge in [-0.2, -0.15) is 0 Å². The fourth-order valence-corrected chi connectivity index (χ4v) is 2.45. The van der Waals surface area contributed by atoms with Crippen molar-refractivity contribution in [3.63, 3.8) is 0 Å². The normalized spacial score (nSPS) is 11.4. The number of halogens is 3. The molecule has 1 nitrogen and oxygen atoms in total. The van der Waals surface area contributed by atoms with Crippen LogP contribution in [0.25, 0.3) is 0 Å². The molecule has 0 radical (unpaired) electrons. The summed E-state index contributed by atoms with van der Waals surface area (Å²) in [5, 5.41) is -0.416. The molecule has 0 aliphatic heterocycles. The number of carbonyl (C=O) groups is 1. The summed E-state index contributed by atoms with van der Waals surface area (Å²) in [6.45, 7) is 0. The van der Waals surface area contributed by atoms with Gasteiger partial charge in [-0.05, 0) is 0 Å². The van der Waals surface area contributed by atoms with Crippen LogP contribution in [-0.4, -0.2) is 26.9 Å². The van der Waals surface area contributed by atoms with Crippen LogP contribution < -0.4 is 4.46 Å². The molecule has 5 heteroatoms. The van der Waals surface area contributed by atoms with Crippen molar-refractivity contribution in [3.05, 3.63) is 30.3 Å². The average Bonchev–Trinajstić information content (AvgIpc) is 2.14. The number of Topliss-reactive ketones (excluding diaryl/α,β-unsaturated/α-hetero) is 1. The first-order valence-corrected chi connectivity index (χ1v) is 5.85. The van der Waals surface area contributed by atoms with Gasteiger partial charge in [0.15, 0.2) is 0 Å². The Kier molecular flexibility index (Phi) is 3.72. The number of ketones is 1. The predicted molar refractivity (Wildman–Crippen MR) is 47.7 cm³/mol. The fraction of sp³-hybridized carbons (Fsp3) is 0.222. The van der Waals surface area contributed by atoms with Crippen molar-refractivity contribution >= 4 is 25.2 Å². The Labute approximate surface area is 85.5 Å². The first kappa shape index (κ1) is 11.3. The Morgan fingerprint density at radius 1 is 1.21 bits per heavy atom. The van der Waals surface area contributed by atoms with Crippen molar-refractivity contribution in [2.45, 2.75) is 11.5 Å². The van der Waals surface area contributed by atoms with Gasteiger partial charge >= 0.3 is 85.0 Å². The second-order valence-corrected chi connectivity index (χ2v) is 4.72. The van der Waals surface area contributed by atoms with E-state index in [1.165, 1.54) is 0 Å². The van der Waals surface area contributed by atoms with Crippen molar-refractivity contribution in [2.24, 2.45) is 0 Å². The van der Waals surface area contributed by atoms with Crippen molar-refractivity contribution in [2.75, 3.05) is 0 Å². The minimum atomic E-state index is -4.68. The van der Waals surface area contributed by atoms with Crippen LogP contribution in [0, 0.1) is 0 Å². The van der Waals surface area contributed by atoms with Gasteiger partial charge in [0.2, 0.25) is 0 Å². The summed E-state index contributed by atoms with van der Waals surface area (Å²) in [6.07, 6.45) is -4.68. The Morgan fingerprint density at radius 2 is 1.79 bits per heavy atom. The molecule has 14 heavy (non-hydrogen) atoms. The average molecular weight is 267 g/mol. The molecule has 1 aromatic carbocycles. The molecule has 76 valence electrons. The van der Waals surface area contributed by atoms with Gasteiger partial charge in [0, 0.05) is 0 Å². The van der Waals surface area contributed by atoms with Gasteiger partial charge in [0.1, 0.15) is 0 Å². The van der Waals surface area contributed by atoms with E-state index in [1.807, 2.05) is 0 Å². The van der Waals surface area contributed by atoms with Gasteiger partial charge in [-0.25, -0.2) is 0 Å². The van der Waals surface area contributed by atoms with E-state index in [1.54, 1.807) is 30.3 Å². The Bertz CT molecular complexity index is 308. The van der Waals surface area contributed by atoms with Crippen molar-refractivity contribution < 1.29 is 18.0 Å². The predicted octanol–water partition coefficient (Wildman–Crippen LogP) is 1.57. The molecule has 0 atom stereocenters. The second kappa shape index (κ2) is 4.62. The summed E-state index contributed by atoms with van der Waals surface area (Å²) < 4.78 is 36.2. The molecule has 0 saturated carbocycles. The molecule has 0 amide bonds. The van der Waals surface area contributed by atoms with Crippen LogP contribution in [0.2, 0.25) is 5.32 Å². The quantitative estimate of drug-likeness (QED) is 0.760. The van der Waals surface area contributed by atoms with Gasteiger partial charge in [-0.3, -0.25) is 0 Å². The standard InChI is InChI=1S/C9H7F3OSe/c10-9(11,12)8(13)6-14-7-4-2-1-3-5-7/h1-5H,6H2. The molecule has 0 aromatic heterocycles. The Balaban J connectivity index is 2.46. The van der Waals surface area contributed by atoms with Gasteiger partial charge in [-0.1, -0.05) is 0 Å². The summed E-state index contributed by atoms with van der Waals surface area (Å²) in [5.41, 5.74) is 0. The molecule has 0 heterocycles.